The lowest BCUT2D eigenvalue weighted by atomic mass is 10.1. The molecule has 0 bridgehead atoms. The van der Waals surface area contributed by atoms with Crippen molar-refractivity contribution < 1.29 is 19.5 Å². The van der Waals surface area contributed by atoms with Gasteiger partial charge < -0.3 is 14.6 Å². The van der Waals surface area contributed by atoms with Crippen molar-refractivity contribution in [1.29, 1.82) is 5.26 Å². The van der Waals surface area contributed by atoms with Crippen LogP contribution in [-0.2, 0) is 13.0 Å². The third-order valence-corrected chi connectivity index (χ3v) is 5.65. The summed E-state index contributed by atoms with van der Waals surface area (Å²) >= 11 is 0. The van der Waals surface area contributed by atoms with Crippen molar-refractivity contribution in [2.75, 3.05) is 14.2 Å². The summed E-state index contributed by atoms with van der Waals surface area (Å²) in [6, 6.07) is 11.5. The Morgan fingerprint density at radius 2 is 1.89 bits per heavy atom. The lowest BCUT2D eigenvalue weighted by Crippen LogP contribution is -2.26. The van der Waals surface area contributed by atoms with Crippen LogP contribution >= 0.6 is 0 Å². The molecule has 1 N–H and O–H groups in total. The van der Waals surface area contributed by atoms with Gasteiger partial charge in [-0.3, -0.25) is 24.5 Å². The van der Waals surface area contributed by atoms with Crippen molar-refractivity contribution in [2.24, 2.45) is 4.99 Å². The summed E-state index contributed by atoms with van der Waals surface area (Å²) in [5.74, 6) is 0.746. The molecule has 3 aromatic rings. The largest absolute Gasteiger partial charge is 0.494 e. The van der Waals surface area contributed by atoms with Gasteiger partial charge in [0.25, 0.3) is 11.2 Å². The van der Waals surface area contributed by atoms with Crippen molar-refractivity contribution >= 4 is 17.6 Å². The molecule has 3 rings (SSSR count). The average Bonchev–Trinajstić information content (AvgIpc) is 2.84. The number of nitrogens with zero attached hydrogens (tertiary/aromatic N) is 4. The second-order valence-electron chi connectivity index (χ2n) is 7.73. The van der Waals surface area contributed by atoms with Gasteiger partial charge in [-0.25, -0.2) is 0 Å². The first-order valence-electron chi connectivity index (χ1n) is 10.6. The highest BCUT2D eigenvalue weighted by atomic mass is 16.6. The molecule has 0 radical (unpaired) electrons. The number of nitro benzene ring substituents is 1. The number of hydrogen-bond donors (Lipinski definition) is 1. The fraction of sp³-hybridized carbons (Fsp3) is 0.240. The third kappa shape index (κ3) is 5.14. The van der Waals surface area contributed by atoms with Crippen LogP contribution in [0, 0.1) is 35.3 Å². The molecular weight excluding hydrogens is 452 g/mol. The summed E-state index contributed by atoms with van der Waals surface area (Å²) in [6.07, 6.45) is 1.67. The van der Waals surface area contributed by atoms with Gasteiger partial charge in [0.2, 0.25) is 5.88 Å². The molecule has 0 spiro atoms. The van der Waals surface area contributed by atoms with Crippen molar-refractivity contribution in [3.8, 4) is 23.4 Å². The molecule has 0 saturated heterocycles. The molecule has 0 fully saturated rings. The molecule has 35 heavy (non-hydrogen) atoms. The minimum Gasteiger partial charge on any atom is -0.494 e. The smallest absolute Gasteiger partial charge is 0.271 e. The van der Waals surface area contributed by atoms with Crippen molar-refractivity contribution in [3.05, 3.63) is 84.7 Å². The van der Waals surface area contributed by atoms with Gasteiger partial charge in [-0.15, -0.1) is 0 Å². The van der Waals surface area contributed by atoms with Gasteiger partial charge in [-0.1, -0.05) is 12.1 Å². The Kier molecular flexibility index (Phi) is 7.51. The number of non-ortho nitro benzene ring substituents is 1. The predicted molar refractivity (Wildman–Crippen MR) is 130 cm³/mol. The number of ether oxygens (including phenoxy) is 2. The van der Waals surface area contributed by atoms with E-state index >= 15 is 0 Å². The zero-order valence-corrected chi connectivity index (χ0v) is 19.7. The van der Waals surface area contributed by atoms with Crippen LogP contribution in [0.1, 0.15) is 27.8 Å². The van der Waals surface area contributed by atoms with Crippen LogP contribution in [0.2, 0.25) is 0 Å². The van der Waals surface area contributed by atoms with Gasteiger partial charge in [0.15, 0.2) is 11.5 Å². The number of aryl methyl sites for hydroxylation is 2. The summed E-state index contributed by atoms with van der Waals surface area (Å²) in [6.45, 7) is 3.37. The number of benzene rings is 2. The summed E-state index contributed by atoms with van der Waals surface area (Å²) in [5.41, 5.74) is 1.44. The first-order chi connectivity index (χ1) is 16.7. The van der Waals surface area contributed by atoms with E-state index in [1.165, 1.54) is 32.6 Å². The lowest BCUT2D eigenvalue weighted by molar-refractivity contribution is -0.384. The molecule has 0 aliphatic heterocycles. The zero-order valence-electron chi connectivity index (χ0n) is 19.7. The van der Waals surface area contributed by atoms with Crippen LogP contribution in [0.5, 0.6) is 17.4 Å². The van der Waals surface area contributed by atoms with Crippen LogP contribution in [0.3, 0.4) is 0 Å². The van der Waals surface area contributed by atoms with E-state index in [2.05, 4.69) is 4.99 Å². The number of hydrogen-bond acceptors (Lipinski definition) is 8. The highest BCUT2D eigenvalue weighted by molar-refractivity contribution is 5.87. The van der Waals surface area contributed by atoms with Crippen LogP contribution in [0.25, 0.3) is 0 Å². The Bertz CT molecular complexity index is 1420. The first-order valence-corrected chi connectivity index (χ1v) is 10.6. The van der Waals surface area contributed by atoms with Crippen LogP contribution in [-0.4, -0.2) is 35.0 Å². The second-order valence-corrected chi connectivity index (χ2v) is 7.73. The van der Waals surface area contributed by atoms with Crippen molar-refractivity contribution in [1.82, 2.24) is 4.57 Å². The number of rotatable bonds is 8. The third-order valence-electron chi connectivity index (χ3n) is 5.65. The topological polar surface area (TPSA) is 140 Å². The maximum Gasteiger partial charge on any atom is 0.271 e. The van der Waals surface area contributed by atoms with E-state index in [1.807, 2.05) is 12.1 Å². The molecule has 0 aliphatic carbocycles. The molecule has 10 heteroatoms. The lowest BCUT2D eigenvalue weighted by Gasteiger charge is -2.15. The van der Waals surface area contributed by atoms with E-state index in [0.29, 0.717) is 29.2 Å². The monoisotopic (exact) mass is 476 g/mol. The number of aromatic nitrogens is 1. The minimum absolute atomic E-state index is 0.0891. The molecule has 0 saturated carbocycles. The maximum absolute atomic E-state index is 12.9. The SMILES string of the molecule is COc1ccc(CCn2c(O)c(C=Nc3cc([N+](=O)[O-])ccc3C)c(C)c(C#N)c2=O)cc1OC. The second kappa shape index (κ2) is 10.5. The number of nitro groups is 1. The number of aromatic hydroxyl groups is 1. The molecular formula is C25H24N4O6. The maximum atomic E-state index is 12.9. The average molecular weight is 476 g/mol. The number of nitriles is 1. The molecule has 2 aromatic carbocycles. The Balaban J connectivity index is 2.02. The van der Waals surface area contributed by atoms with Gasteiger partial charge in [-0.2, -0.15) is 5.26 Å². The fourth-order valence-corrected chi connectivity index (χ4v) is 3.59. The van der Waals surface area contributed by atoms with Gasteiger partial charge in [0.05, 0.1) is 30.4 Å². The van der Waals surface area contributed by atoms with Gasteiger partial charge >= 0.3 is 0 Å². The van der Waals surface area contributed by atoms with Crippen LogP contribution in [0.4, 0.5) is 11.4 Å². The van der Waals surface area contributed by atoms with Gasteiger partial charge in [-0.05, 0) is 49.1 Å². The summed E-state index contributed by atoms with van der Waals surface area (Å²) < 4.78 is 11.7. The Hall–Kier alpha value is -4.65. The van der Waals surface area contributed by atoms with E-state index in [4.69, 9.17) is 9.47 Å². The Morgan fingerprint density at radius 3 is 2.51 bits per heavy atom. The molecule has 1 heterocycles. The fourth-order valence-electron chi connectivity index (χ4n) is 3.59. The standard InChI is InChI=1S/C25H24N4O6/c1-15-5-7-18(29(32)33)12-21(15)27-14-20-16(2)19(13-26)24(30)28(25(20)31)10-9-17-6-8-22(34-3)23(11-17)35-4/h5-8,11-12,14,31H,9-10H2,1-4H3. The Morgan fingerprint density at radius 1 is 1.17 bits per heavy atom. The highest BCUT2D eigenvalue weighted by Crippen LogP contribution is 2.29. The quantitative estimate of drug-likeness (QED) is 0.295. The van der Waals surface area contributed by atoms with E-state index in [0.717, 1.165) is 10.1 Å². The van der Waals surface area contributed by atoms with E-state index in [1.54, 1.807) is 32.0 Å². The van der Waals surface area contributed by atoms with Gasteiger partial charge in [0, 0.05) is 24.9 Å². The number of aliphatic imine (C=N–C) groups is 1. The molecule has 0 amide bonds. The van der Waals surface area contributed by atoms with E-state index in [-0.39, 0.29) is 34.8 Å². The molecule has 10 nitrogen and oxygen atoms in total. The first kappa shape index (κ1) is 25.0. The molecule has 0 aliphatic rings. The van der Waals surface area contributed by atoms with Crippen molar-refractivity contribution in [2.45, 2.75) is 26.8 Å². The number of methoxy groups -OCH3 is 2. The van der Waals surface area contributed by atoms with Crippen LogP contribution in [0.15, 0.2) is 46.2 Å². The Labute approximate surface area is 201 Å². The predicted octanol–water partition coefficient (Wildman–Crippen LogP) is 3.96. The van der Waals surface area contributed by atoms with E-state index < -0.39 is 10.5 Å². The molecule has 0 atom stereocenters. The minimum atomic E-state index is -0.619. The normalized spacial score (nSPS) is 10.8. The molecule has 1 aromatic heterocycles. The highest BCUT2D eigenvalue weighted by Gasteiger charge is 2.18. The molecule has 180 valence electrons. The van der Waals surface area contributed by atoms with Gasteiger partial charge in [0.1, 0.15) is 11.6 Å². The molecule has 0 unspecified atom stereocenters. The van der Waals surface area contributed by atoms with Crippen molar-refractivity contribution in [3.63, 3.8) is 0 Å². The van der Waals surface area contributed by atoms with E-state index in [9.17, 15) is 25.3 Å². The summed E-state index contributed by atoms with van der Waals surface area (Å²) in [4.78, 5) is 27.8. The zero-order chi connectivity index (χ0) is 25.7. The van der Waals surface area contributed by atoms with Crippen LogP contribution < -0.4 is 15.0 Å². The summed E-state index contributed by atoms with van der Waals surface area (Å²) in [5, 5.41) is 31.6. The number of pyridine rings is 1. The summed E-state index contributed by atoms with van der Waals surface area (Å²) in [7, 11) is 3.05.